The van der Waals surface area contributed by atoms with E-state index in [0.717, 1.165) is 24.2 Å². The molecule has 19 heavy (non-hydrogen) atoms. The van der Waals surface area contributed by atoms with Gasteiger partial charge in [-0.15, -0.1) is 0 Å². The number of aryl methyl sites for hydroxylation is 1. The molecule has 0 aliphatic rings. The summed E-state index contributed by atoms with van der Waals surface area (Å²) in [5.41, 5.74) is 0.799. The molecule has 1 aromatic heterocycles. The number of H-pyrrole nitrogens is 1. The summed E-state index contributed by atoms with van der Waals surface area (Å²) in [6.45, 7) is 0.596. The Labute approximate surface area is 110 Å². The number of amides is 1. The highest BCUT2D eigenvalue weighted by molar-refractivity contribution is 5.78. The molecule has 0 spiro atoms. The van der Waals surface area contributed by atoms with Gasteiger partial charge in [0.15, 0.2) is 0 Å². The Morgan fingerprint density at radius 3 is 3.05 bits per heavy atom. The molecule has 2 rings (SSSR count). The maximum absolute atomic E-state index is 11.7. The summed E-state index contributed by atoms with van der Waals surface area (Å²) in [6, 6.07) is 6.71. The highest BCUT2D eigenvalue weighted by Gasteiger charge is 2.03. The molecular formula is C13H16N4O2. The van der Waals surface area contributed by atoms with Crippen LogP contribution in [0.2, 0.25) is 0 Å². The molecule has 6 heteroatoms. The van der Waals surface area contributed by atoms with E-state index in [0.29, 0.717) is 6.54 Å². The van der Waals surface area contributed by atoms with Crippen LogP contribution in [-0.4, -0.2) is 32.7 Å². The van der Waals surface area contributed by atoms with Crippen LogP contribution >= 0.6 is 0 Å². The van der Waals surface area contributed by atoms with Gasteiger partial charge in [-0.3, -0.25) is 9.89 Å². The van der Waals surface area contributed by atoms with E-state index in [4.69, 9.17) is 0 Å². The Kier molecular flexibility index (Phi) is 4.49. The molecule has 1 heterocycles. The highest BCUT2D eigenvalue weighted by Crippen LogP contribution is 2.11. The van der Waals surface area contributed by atoms with Gasteiger partial charge in [-0.05, 0) is 24.1 Å². The van der Waals surface area contributed by atoms with Crippen molar-refractivity contribution in [3.8, 4) is 5.75 Å². The van der Waals surface area contributed by atoms with Crippen molar-refractivity contribution in [3.63, 3.8) is 0 Å². The van der Waals surface area contributed by atoms with E-state index in [1.807, 2.05) is 6.07 Å². The van der Waals surface area contributed by atoms with Crippen LogP contribution < -0.4 is 5.32 Å². The number of rotatable bonds is 6. The number of aromatic nitrogens is 3. The maximum Gasteiger partial charge on any atom is 0.224 e. The second kappa shape index (κ2) is 6.53. The molecule has 0 radical (unpaired) electrons. The second-order valence-electron chi connectivity index (χ2n) is 4.23. The fourth-order valence-corrected chi connectivity index (χ4v) is 1.75. The number of phenolic OH excluding ortho intramolecular Hbond substituents is 1. The molecule has 0 fully saturated rings. The molecule has 0 unspecified atom stereocenters. The molecule has 0 atom stereocenters. The average molecular weight is 260 g/mol. The number of aromatic hydroxyl groups is 1. The third-order valence-electron chi connectivity index (χ3n) is 2.65. The molecule has 1 aromatic carbocycles. The first-order valence-corrected chi connectivity index (χ1v) is 6.13. The Morgan fingerprint density at radius 2 is 2.32 bits per heavy atom. The number of carbonyl (C=O) groups excluding carboxylic acids is 1. The van der Waals surface area contributed by atoms with Crippen LogP contribution in [0.1, 0.15) is 17.8 Å². The molecule has 0 aliphatic carbocycles. The lowest BCUT2D eigenvalue weighted by Gasteiger charge is -2.05. The maximum atomic E-state index is 11.7. The van der Waals surface area contributed by atoms with Gasteiger partial charge < -0.3 is 10.4 Å². The zero-order valence-electron chi connectivity index (χ0n) is 10.5. The Morgan fingerprint density at radius 1 is 1.42 bits per heavy atom. The number of nitrogens with zero attached hydrogens (tertiary/aromatic N) is 2. The van der Waals surface area contributed by atoms with Crippen LogP contribution in [0.3, 0.4) is 0 Å². The predicted molar refractivity (Wildman–Crippen MR) is 69.5 cm³/mol. The molecule has 6 nitrogen and oxygen atoms in total. The van der Waals surface area contributed by atoms with Crippen LogP contribution in [0, 0.1) is 0 Å². The highest BCUT2D eigenvalue weighted by atomic mass is 16.3. The van der Waals surface area contributed by atoms with E-state index in [1.165, 1.54) is 6.33 Å². The zero-order valence-corrected chi connectivity index (χ0v) is 10.5. The standard InChI is InChI=1S/C13H16N4O2/c18-11-4-1-3-10(7-11)8-13(19)14-6-2-5-12-15-9-16-17-12/h1,3-4,7,9,18H,2,5-6,8H2,(H,14,19)(H,15,16,17). The Bertz CT molecular complexity index is 525. The largest absolute Gasteiger partial charge is 0.508 e. The summed E-state index contributed by atoms with van der Waals surface area (Å²) >= 11 is 0. The normalized spacial score (nSPS) is 10.3. The summed E-state index contributed by atoms with van der Waals surface area (Å²) in [7, 11) is 0. The Hall–Kier alpha value is -2.37. The molecule has 100 valence electrons. The van der Waals surface area contributed by atoms with E-state index in [2.05, 4.69) is 20.5 Å². The van der Waals surface area contributed by atoms with Gasteiger partial charge >= 0.3 is 0 Å². The van der Waals surface area contributed by atoms with E-state index >= 15 is 0 Å². The van der Waals surface area contributed by atoms with E-state index in [-0.39, 0.29) is 18.1 Å². The topological polar surface area (TPSA) is 90.9 Å². The lowest BCUT2D eigenvalue weighted by molar-refractivity contribution is -0.120. The average Bonchev–Trinajstić information content (AvgIpc) is 2.88. The first kappa shape index (κ1) is 13.1. The van der Waals surface area contributed by atoms with E-state index < -0.39 is 0 Å². The van der Waals surface area contributed by atoms with Crippen molar-refractivity contribution < 1.29 is 9.90 Å². The van der Waals surface area contributed by atoms with Gasteiger partial charge in [-0.1, -0.05) is 12.1 Å². The van der Waals surface area contributed by atoms with Crippen molar-refractivity contribution in [1.29, 1.82) is 0 Å². The molecule has 0 bridgehead atoms. The van der Waals surface area contributed by atoms with Gasteiger partial charge in [0.2, 0.25) is 5.91 Å². The minimum absolute atomic E-state index is 0.0526. The fraction of sp³-hybridized carbons (Fsp3) is 0.308. The number of nitrogens with one attached hydrogen (secondary N) is 2. The first-order chi connectivity index (χ1) is 9.24. The van der Waals surface area contributed by atoms with E-state index in [1.54, 1.807) is 18.2 Å². The summed E-state index contributed by atoms with van der Waals surface area (Å²) in [5.74, 6) is 0.945. The molecule has 0 saturated heterocycles. The zero-order chi connectivity index (χ0) is 13.5. The van der Waals surface area contributed by atoms with Crippen molar-refractivity contribution in [1.82, 2.24) is 20.5 Å². The van der Waals surface area contributed by atoms with Crippen LogP contribution in [-0.2, 0) is 17.6 Å². The molecular weight excluding hydrogens is 244 g/mol. The van der Waals surface area contributed by atoms with Crippen molar-refractivity contribution in [2.75, 3.05) is 6.54 Å². The summed E-state index contributed by atoms with van der Waals surface area (Å²) in [5, 5.41) is 18.7. The summed E-state index contributed by atoms with van der Waals surface area (Å²) < 4.78 is 0. The van der Waals surface area contributed by atoms with Gasteiger partial charge in [0, 0.05) is 13.0 Å². The monoisotopic (exact) mass is 260 g/mol. The van der Waals surface area contributed by atoms with Gasteiger partial charge in [0.25, 0.3) is 0 Å². The molecule has 0 saturated carbocycles. The van der Waals surface area contributed by atoms with Crippen LogP contribution in [0.5, 0.6) is 5.75 Å². The van der Waals surface area contributed by atoms with Crippen LogP contribution in [0.4, 0.5) is 0 Å². The summed E-state index contributed by atoms with van der Waals surface area (Å²) in [6.07, 6.45) is 3.31. The quantitative estimate of drug-likeness (QED) is 0.670. The SMILES string of the molecule is O=C(Cc1cccc(O)c1)NCCCc1ncn[nH]1. The van der Waals surface area contributed by atoms with Gasteiger partial charge in [-0.25, -0.2) is 4.98 Å². The lowest BCUT2D eigenvalue weighted by atomic mass is 10.1. The van der Waals surface area contributed by atoms with Gasteiger partial charge in [0.05, 0.1) is 6.42 Å². The molecule has 1 amide bonds. The lowest BCUT2D eigenvalue weighted by Crippen LogP contribution is -2.26. The van der Waals surface area contributed by atoms with Crippen LogP contribution in [0.25, 0.3) is 0 Å². The number of benzene rings is 1. The molecule has 2 aromatic rings. The Balaban J connectivity index is 1.67. The van der Waals surface area contributed by atoms with Gasteiger partial charge in [0.1, 0.15) is 17.9 Å². The third-order valence-corrected chi connectivity index (χ3v) is 2.65. The minimum Gasteiger partial charge on any atom is -0.508 e. The third kappa shape index (κ3) is 4.42. The number of hydrogen-bond donors (Lipinski definition) is 3. The molecule has 0 aliphatic heterocycles. The number of phenols is 1. The second-order valence-corrected chi connectivity index (χ2v) is 4.23. The smallest absolute Gasteiger partial charge is 0.224 e. The minimum atomic E-state index is -0.0526. The number of hydrogen-bond acceptors (Lipinski definition) is 4. The fourth-order valence-electron chi connectivity index (χ4n) is 1.75. The number of carbonyl (C=O) groups is 1. The van der Waals surface area contributed by atoms with E-state index in [9.17, 15) is 9.90 Å². The van der Waals surface area contributed by atoms with Crippen molar-refractivity contribution in [2.24, 2.45) is 0 Å². The summed E-state index contributed by atoms with van der Waals surface area (Å²) in [4.78, 5) is 15.7. The predicted octanol–water partition coefficient (Wildman–Crippen LogP) is 0.802. The van der Waals surface area contributed by atoms with Crippen molar-refractivity contribution in [3.05, 3.63) is 42.0 Å². The first-order valence-electron chi connectivity index (χ1n) is 6.13. The number of aromatic amines is 1. The molecule has 3 N–H and O–H groups in total. The van der Waals surface area contributed by atoms with Crippen LogP contribution in [0.15, 0.2) is 30.6 Å². The van der Waals surface area contributed by atoms with Gasteiger partial charge in [-0.2, -0.15) is 5.10 Å². The van der Waals surface area contributed by atoms with Crippen molar-refractivity contribution in [2.45, 2.75) is 19.3 Å². The van der Waals surface area contributed by atoms with Crippen molar-refractivity contribution >= 4 is 5.91 Å².